The molecule has 0 amide bonds. The number of carbonyl (C=O) groups excluding carboxylic acids is 1. The van der Waals surface area contributed by atoms with E-state index in [-0.39, 0.29) is 46.8 Å². The lowest BCUT2D eigenvalue weighted by Gasteiger charge is -2.11. The van der Waals surface area contributed by atoms with Gasteiger partial charge in [-0.3, -0.25) is 20.2 Å². The van der Waals surface area contributed by atoms with Crippen LogP contribution in [0.4, 0.5) is 24.5 Å². The lowest BCUT2D eigenvalue weighted by molar-refractivity contribution is -0.396. The molecule has 0 bridgehead atoms. The van der Waals surface area contributed by atoms with E-state index in [1.54, 1.807) is 37.3 Å². The lowest BCUT2D eigenvalue weighted by atomic mass is 10.1. The highest BCUT2D eigenvalue weighted by Gasteiger charge is 2.39. The number of esters is 1. The highest BCUT2D eigenvalue weighted by atomic mass is 19.4. The van der Waals surface area contributed by atoms with Gasteiger partial charge in [0.15, 0.2) is 0 Å². The maximum absolute atomic E-state index is 13.2. The zero-order valence-electron chi connectivity index (χ0n) is 18.8. The van der Waals surface area contributed by atoms with Crippen LogP contribution in [0.15, 0.2) is 65.1 Å². The average molecular weight is 516 g/mol. The summed E-state index contributed by atoms with van der Waals surface area (Å²) in [6.45, 7) is 1.64. The molecule has 190 valence electrons. The fraction of sp³-hybridized carbons (Fsp3) is 0.125. The average Bonchev–Trinajstić information content (AvgIpc) is 3.22. The number of ether oxygens (including phenoxy) is 2. The van der Waals surface area contributed by atoms with Crippen molar-refractivity contribution in [3.8, 4) is 22.8 Å². The third kappa shape index (κ3) is 4.91. The van der Waals surface area contributed by atoms with Crippen LogP contribution in [-0.2, 0) is 10.9 Å². The Labute approximate surface area is 205 Å². The molecule has 3 aromatic carbocycles. The first kappa shape index (κ1) is 25.2. The SMILES string of the molecule is CCOC(=O)c1c(-c2ccccc2)oc2ccc(Oc3c([N+](=O)[O-])cc(C(F)(F)F)cc3[N+](=O)[O-])cc12. The molecule has 0 atom stereocenters. The van der Waals surface area contributed by atoms with E-state index in [9.17, 15) is 38.2 Å². The first-order valence-electron chi connectivity index (χ1n) is 10.5. The molecule has 4 rings (SSSR count). The lowest BCUT2D eigenvalue weighted by Crippen LogP contribution is -2.08. The molecule has 0 aliphatic heterocycles. The summed E-state index contributed by atoms with van der Waals surface area (Å²) in [7, 11) is 0. The van der Waals surface area contributed by atoms with Gasteiger partial charge in [-0.25, -0.2) is 4.79 Å². The Balaban J connectivity index is 1.90. The molecule has 37 heavy (non-hydrogen) atoms. The van der Waals surface area contributed by atoms with Gasteiger partial charge in [-0.15, -0.1) is 0 Å². The molecule has 0 unspecified atom stereocenters. The molecular weight excluding hydrogens is 501 g/mol. The fourth-order valence-corrected chi connectivity index (χ4v) is 3.59. The van der Waals surface area contributed by atoms with E-state index in [4.69, 9.17) is 13.9 Å². The van der Waals surface area contributed by atoms with Gasteiger partial charge in [-0.1, -0.05) is 30.3 Å². The van der Waals surface area contributed by atoms with Crippen molar-refractivity contribution >= 4 is 28.3 Å². The minimum absolute atomic E-state index is 0.00455. The van der Waals surface area contributed by atoms with Gasteiger partial charge in [0.05, 0.1) is 22.0 Å². The van der Waals surface area contributed by atoms with Gasteiger partial charge in [-0.2, -0.15) is 13.2 Å². The zero-order chi connectivity index (χ0) is 26.9. The molecule has 0 N–H and O–H groups in total. The van der Waals surface area contributed by atoms with Gasteiger partial charge in [0.2, 0.25) is 0 Å². The summed E-state index contributed by atoms with van der Waals surface area (Å²) in [6.07, 6.45) is -5.08. The van der Waals surface area contributed by atoms with Crippen molar-refractivity contribution in [3.63, 3.8) is 0 Å². The summed E-state index contributed by atoms with van der Waals surface area (Å²) < 4.78 is 56.0. The van der Waals surface area contributed by atoms with Crippen LogP contribution in [0.1, 0.15) is 22.8 Å². The second kappa shape index (κ2) is 9.60. The fourth-order valence-electron chi connectivity index (χ4n) is 3.59. The van der Waals surface area contributed by atoms with Crippen molar-refractivity contribution in [2.24, 2.45) is 0 Å². The third-order valence-corrected chi connectivity index (χ3v) is 5.17. The van der Waals surface area contributed by atoms with Gasteiger partial charge < -0.3 is 13.9 Å². The number of halogens is 3. The van der Waals surface area contributed by atoms with Crippen molar-refractivity contribution in [2.75, 3.05) is 6.61 Å². The van der Waals surface area contributed by atoms with Crippen molar-refractivity contribution in [3.05, 3.63) is 92.0 Å². The topological polar surface area (TPSA) is 135 Å². The second-order valence-corrected chi connectivity index (χ2v) is 7.51. The summed E-state index contributed by atoms with van der Waals surface area (Å²) in [5, 5.41) is 23.2. The number of benzene rings is 3. The molecule has 0 saturated carbocycles. The highest BCUT2D eigenvalue weighted by molar-refractivity contribution is 6.09. The molecule has 0 radical (unpaired) electrons. The summed E-state index contributed by atoms with van der Waals surface area (Å²) >= 11 is 0. The summed E-state index contributed by atoms with van der Waals surface area (Å²) in [6, 6.07) is 12.7. The summed E-state index contributed by atoms with van der Waals surface area (Å²) in [5.74, 6) is -1.82. The molecule has 1 aromatic heterocycles. The quantitative estimate of drug-likeness (QED) is 0.147. The monoisotopic (exact) mass is 516 g/mol. The van der Waals surface area contributed by atoms with E-state index >= 15 is 0 Å². The van der Waals surface area contributed by atoms with Gasteiger partial charge in [0, 0.05) is 23.1 Å². The van der Waals surface area contributed by atoms with Crippen molar-refractivity contribution in [2.45, 2.75) is 13.1 Å². The van der Waals surface area contributed by atoms with Crippen LogP contribution in [0, 0.1) is 20.2 Å². The number of nitro benzene ring substituents is 2. The number of carbonyl (C=O) groups is 1. The van der Waals surface area contributed by atoms with Crippen LogP contribution in [0.25, 0.3) is 22.3 Å². The molecule has 0 spiro atoms. The molecule has 4 aromatic rings. The Morgan fingerprint density at radius 3 is 2.14 bits per heavy atom. The van der Waals surface area contributed by atoms with Crippen LogP contribution < -0.4 is 4.74 Å². The smallest absolute Gasteiger partial charge is 0.416 e. The van der Waals surface area contributed by atoms with Crippen molar-refractivity contribution < 1.29 is 41.7 Å². The van der Waals surface area contributed by atoms with Crippen LogP contribution in [0.5, 0.6) is 11.5 Å². The van der Waals surface area contributed by atoms with Gasteiger partial charge in [-0.05, 0) is 25.1 Å². The molecule has 0 fully saturated rings. The standard InChI is InChI=1S/C24H15F3N2O8/c1-2-35-23(30)20-16-12-15(8-9-19(16)37-21(20)13-6-4-3-5-7-13)36-22-17(28(31)32)10-14(24(25,26)27)11-18(22)29(33)34/h3-12H,2H2,1H3. The van der Waals surface area contributed by atoms with Crippen molar-refractivity contribution in [1.82, 2.24) is 0 Å². The normalized spacial score (nSPS) is 11.4. The number of alkyl halides is 3. The molecule has 13 heteroatoms. The molecule has 0 aliphatic rings. The minimum atomic E-state index is -5.08. The van der Waals surface area contributed by atoms with E-state index in [1.807, 2.05) is 0 Å². The minimum Gasteiger partial charge on any atom is -0.462 e. The highest BCUT2D eigenvalue weighted by Crippen LogP contribution is 2.45. The second-order valence-electron chi connectivity index (χ2n) is 7.51. The maximum Gasteiger partial charge on any atom is 0.416 e. The van der Waals surface area contributed by atoms with E-state index in [0.29, 0.717) is 5.56 Å². The number of nitrogens with zero attached hydrogens (tertiary/aromatic N) is 2. The van der Waals surface area contributed by atoms with Crippen LogP contribution >= 0.6 is 0 Å². The summed E-state index contributed by atoms with van der Waals surface area (Å²) in [4.78, 5) is 33.4. The largest absolute Gasteiger partial charge is 0.462 e. The predicted octanol–water partition coefficient (Wildman–Crippen LogP) is 6.90. The van der Waals surface area contributed by atoms with Crippen LogP contribution in [0.2, 0.25) is 0 Å². The van der Waals surface area contributed by atoms with E-state index in [2.05, 4.69) is 0 Å². The molecule has 1 heterocycles. The van der Waals surface area contributed by atoms with E-state index in [1.165, 1.54) is 18.2 Å². The molecular formula is C24H15F3N2O8. The molecule has 10 nitrogen and oxygen atoms in total. The zero-order valence-corrected chi connectivity index (χ0v) is 18.8. The van der Waals surface area contributed by atoms with Gasteiger partial charge in [0.1, 0.15) is 22.7 Å². The number of hydrogen-bond acceptors (Lipinski definition) is 8. The summed E-state index contributed by atoms with van der Waals surface area (Å²) in [5.41, 5.74) is -3.36. The number of nitro groups is 2. The van der Waals surface area contributed by atoms with Crippen LogP contribution in [0.3, 0.4) is 0 Å². The number of rotatable bonds is 7. The van der Waals surface area contributed by atoms with Gasteiger partial charge in [0.25, 0.3) is 5.75 Å². The maximum atomic E-state index is 13.2. The van der Waals surface area contributed by atoms with E-state index in [0.717, 1.165) is 0 Å². The van der Waals surface area contributed by atoms with Crippen molar-refractivity contribution in [1.29, 1.82) is 0 Å². The number of furan rings is 1. The Kier molecular flexibility index (Phi) is 6.53. The first-order chi connectivity index (χ1) is 17.5. The Bertz CT molecular complexity index is 1500. The Morgan fingerprint density at radius 2 is 1.59 bits per heavy atom. The van der Waals surface area contributed by atoms with E-state index < -0.39 is 44.7 Å². The van der Waals surface area contributed by atoms with Crippen LogP contribution in [-0.4, -0.2) is 22.4 Å². The number of fused-ring (bicyclic) bond motifs is 1. The third-order valence-electron chi connectivity index (χ3n) is 5.17. The Hall–Kier alpha value is -4.94. The number of hydrogen-bond donors (Lipinski definition) is 0. The Morgan fingerprint density at radius 1 is 0.973 bits per heavy atom. The molecule has 0 saturated heterocycles. The first-order valence-corrected chi connectivity index (χ1v) is 10.5. The van der Waals surface area contributed by atoms with Gasteiger partial charge >= 0.3 is 23.5 Å². The predicted molar refractivity (Wildman–Crippen MR) is 122 cm³/mol. The molecule has 0 aliphatic carbocycles.